The van der Waals surface area contributed by atoms with Crippen LogP contribution in [0.2, 0.25) is 0 Å². The highest BCUT2D eigenvalue weighted by atomic mass is 32.2. The van der Waals surface area contributed by atoms with Crippen molar-refractivity contribution in [2.45, 2.75) is 24.4 Å². The van der Waals surface area contributed by atoms with Crippen molar-refractivity contribution in [2.24, 2.45) is 0 Å². The zero-order valence-electron chi connectivity index (χ0n) is 16.4. The molecule has 3 aromatic heterocycles. The normalized spacial score (nSPS) is 11.5. The van der Waals surface area contributed by atoms with Crippen LogP contribution in [0.15, 0.2) is 58.5 Å². The summed E-state index contributed by atoms with van der Waals surface area (Å²) in [7, 11) is 0. The second kappa shape index (κ2) is 7.51. The molecule has 0 unspecified atom stereocenters. The van der Waals surface area contributed by atoms with Gasteiger partial charge < -0.3 is 5.84 Å². The molecule has 3 heterocycles. The molecule has 0 saturated carbocycles. The third-order valence-corrected chi connectivity index (χ3v) is 5.93. The molecule has 31 heavy (non-hydrogen) atoms. The number of para-hydroxylation sites is 1. The number of benzene rings is 2. The minimum Gasteiger partial charge on any atom is -0.335 e. The first-order chi connectivity index (χ1) is 15.1. The van der Waals surface area contributed by atoms with Gasteiger partial charge in [-0.15, -0.1) is 20.4 Å². The first-order valence-electron chi connectivity index (χ1n) is 9.53. The highest BCUT2D eigenvalue weighted by Crippen LogP contribution is 2.25. The van der Waals surface area contributed by atoms with Crippen molar-refractivity contribution in [2.75, 3.05) is 5.84 Å². The van der Waals surface area contributed by atoms with E-state index in [-0.39, 0.29) is 11.4 Å². The third kappa shape index (κ3) is 3.13. The standard InChI is InChI=1S/C20H17FN8OS/c1-2-27-18(30)14-5-3-4-6-15(14)28-16(23-25-19(27)28)11-31-20-26-24-17(29(20)22)12-7-9-13(21)10-8-12/h3-10H,2,11,22H2,1H3. The van der Waals surface area contributed by atoms with E-state index in [2.05, 4.69) is 20.4 Å². The lowest BCUT2D eigenvalue weighted by molar-refractivity contribution is 0.628. The highest BCUT2D eigenvalue weighted by molar-refractivity contribution is 7.98. The Hall–Kier alpha value is -3.73. The fraction of sp³-hybridized carbons (Fsp3) is 0.150. The van der Waals surface area contributed by atoms with Gasteiger partial charge in [-0.3, -0.25) is 13.8 Å². The van der Waals surface area contributed by atoms with Crippen molar-refractivity contribution in [3.8, 4) is 11.4 Å². The summed E-state index contributed by atoms with van der Waals surface area (Å²) in [5.74, 6) is 7.82. The molecule has 0 saturated heterocycles. The highest BCUT2D eigenvalue weighted by Gasteiger charge is 2.18. The molecule has 0 amide bonds. The van der Waals surface area contributed by atoms with Gasteiger partial charge in [-0.25, -0.2) is 9.07 Å². The number of rotatable bonds is 5. The quantitative estimate of drug-likeness (QED) is 0.333. The molecule has 5 rings (SSSR count). The average molecular weight is 436 g/mol. The molecule has 2 N–H and O–H groups in total. The molecule has 0 aliphatic heterocycles. The van der Waals surface area contributed by atoms with Crippen LogP contribution in [0, 0.1) is 5.82 Å². The van der Waals surface area contributed by atoms with Crippen LogP contribution in [-0.2, 0) is 12.3 Å². The van der Waals surface area contributed by atoms with E-state index in [0.29, 0.717) is 45.8 Å². The van der Waals surface area contributed by atoms with E-state index >= 15 is 0 Å². The topological polar surface area (TPSA) is 109 Å². The monoisotopic (exact) mass is 436 g/mol. The molecule has 0 bridgehead atoms. The SMILES string of the molecule is CCn1c(=O)c2ccccc2n2c(CSc3nnc(-c4ccc(F)cc4)n3N)nnc12. The molecule has 5 aromatic rings. The van der Waals surface area contributed by atoms with E-state index in [1.807, 2.05) is 29.5 Å². The lowest BCUT2D eigenvalue weighted by atomic mass is 10.2. The van der Waals surface area contributed by atoms with Crippen LogP contribution in [0.5, 0.6) is 0 Å². The lowest BCUT2D eigenvalue weighted by Crippen LogP contribution is -2.22. The molecule has 0 spiro atoms. The molecule has 9 nitrogen and oxygen atoms in total. The van der Waals surface area contributed by atoms with Crippen molar-refractivity contribution in [1.29, 1.82) is 0 Å². The number of hydrogen-bond acceptors (Lipinski definition) is 7. The van der Waals surface area contributed by atoms with Gasteiger partial charge in [0, 0.05) is 12.1 Å². The number of nitrogens with zero attached hydrogens (tertiary/aromatic N) is 7. The molecule has 0 atom stereocenters. The molecule has 0 aliphatic rings. The predicted molar refractivity (Wildman–Crippen MR) is 116 cm³/mol. The van der Waals surface area contributed by atoms with Crippen LogP contribution in [0.3, 0.4) is 0 Å². The van der Waals surface area contributed by atoms with Crippen LogP contribution in [0.4, 0.5) is 4.39 Å². The fourth-order valence-electron chi connectivity index (χ4n) is 3.49. The first-order valence-corrected chi connectivity index (χ1v) is 10.5. The molecule has 0 aliphatic carbocycles. The van der Waals surface area contributed by atoms with Gasteiger partial charge in [0.05, 0.1) is 16.7 Å². The Labute approximate surface area is 179 Å². The maximum absolute atomic E-state index is 13.2. The molecule has 2 aromatic carbocycles. The van der Waals surface area contributed by atoms with E-state index in [4.69, 9.17) is 5.84 Å². The van der Waals surface area contributed by atoms with Gasteiger partial charge in [-0.2, -0.15) is 0 Å². The maximum Gasteiger partial charge on any atom is 0.262 e. The van der Waals surface area contributed by atoms with Gasteiger partial charge in [-0.05, 0) is 43.3 Å². The zero-order valence-corrected chi connectivity index (χ0v) is 17.3. The second-order valence-corrected chi connectivity index (χ2v) is 7.73. The number of thioether (sulfide) groups is 1. The van der Waals surface area contributed by atoms with E-state index in [1.54, 1.807) is 22.8 Å². The Morgan fingerprint density at radius 2 is 1.81 bits per heavy atom. The summed E-state index contributed by atoms with van der Waals surface area (Å²) < 4.78 is 18.0. The maximum atomic E-state index is 13.2. The summed E-state index contributed by atoms with van der Waals surface area (Å²) in [4.78, 5) is 12.8. The summed E-state index contributed by atoms with van der Waals surface area (Å²) in [6.07, 6.45) is 0. The van der Waals surface area contributed by atoms with Crippen molar-refractivity contribution < 1.29 is 4.39 Å². The van der Waals surface area contributed by atoms with Crippen LogP contribution in [0.1, 0.15) is 12.7 Å². The Balaban J connectivity index is 1.52. The van der Waals surface area contributed by atoms with Gasteiger partial charge in [0.2, 0.25) is 10.9 Å². The van der Waals surface area contributed by atoms with Crippen molar-refractivity contribution in [3.63, 3.8) is 0 Å². The molecular formula is C20H17FN8OS. The second-order valence-electron chi connectivity index (χ2n) is 6.79. The number of nitrogen functional groups attached to an aromatic ring is 1. The lowest BCUT2D eigenvalue weighted by Gasteiger charge is -2.09. The Kier molecular flexibility index (Phi) is 4.66. The number of nitrogens with two attached hydrogens (primary N) is 1. The summed E-state index contributed by atoms with van der Waals surface area (Å²) in [6, 6.07) is 13.3. The number of aromatic nitrogens is 7. The van der Waals surface area contributed by atoms with Crippen LogP contribution >= 0.6 is 11.8 Å². The summed E-state index contributed by atoms with van der Waals surface area (Å²) in [5, 5.41) is 17.9. The minimum absolute atomic E-state index is 0.0946. The van der Waals surface area contributed by atoms with E-state index in [1.165, 1.54) is 28.6 Å². The molecule has 0 radical (unpaired) electrons. The molecule has 11 heteroatoms. The minimum atomic E-state index is -0.335. The predicted octanol–water partition coefficient (Wildman–Crippen LogP) is 2.47. The summed E-state index contributed by atoms with van der Waals surface area (Å²) in [6.45, 7) is 2.38. The first kappa shape index (κ1) is 19.2. The Bertz CT molecular complexity index is 1470. The van der Waals surface area contributed by atoms with Gasteiger partial charge in [-0.1, -0.05) is 23.9 Å². The number of halogens is 1. The summed E-state index contributed by atoms with van der Waals surface area (Å²) >= 11 is 1.34. The average Bonchev–Trinajstić information content (AvgIpc) is 3.37. The van der Waals surface area contributed by atoms with Crippen molar-refractivity contribution in [3.05, 3.63) is 70.5 Å². The molecular weight excluding hydrogens is 419 g/mol. The molecule has 156 valence electrons. The summed E-state index contributed by atoms with van der Waals surface area (Å²) in [5.41, 5.74) is 1.31. The molecule has 0 fully saturated rings. The number of fused-ring (bicyclic) bond motifs is 3. The smallest absolute Gasteiger partial charge is 0.262 e. The van der Waals surface area contributed by atoms with Gasteiger partial charge >= 0.3 is 0 Å². The Morgan fingerprint density at radius 3 is 2.58 bits per heavy atom. The third-order valence-electron chi connectivity index (χ3n) is 4.99. The van der Waals surface area contributed by atoms with Gasteiger partial charge in [0.15, 0.2) is 5.82 Å². The van der Waals surface area contributed by atoms with Crippen LogP contribution in [0.25, 0.3) is 28.1 Å². The van der Waals surface area contributed by atoms with E-state index in [0.717, 1.165) is 5.52 Å². The largest absolute Gasteiger partial charge is 0.335 e. The van der Waals surface area contributed by atoms with Gasteiger partial charge in [0.1, 0.15) is 11.6 Å². The van der Waals surface area contributed by atoms with Gasteiger partial charge in [0.25, 0.3) is 5.56 Å². The number of hydrogen-bond donors (Lipinski definition) is 1. The van der Waals surface area contributed by atoms with Crippen LogP contribution in [-0.4, -0.2) is 34.0 Å². The van der Waals surface area contributed by atoms with Crippen molar-refractivity contribution >= 4 is 28.4 Å². The number of aryl methyl sites for hydroxylation is 1. The van der Waals surface area contributed by atoms with E-state index in [9.17, 15) is 9.18 Å². The fourth-order valence-corrected chi connectivity index (χ4v) is 4.26. The van der Waals surface area contributed by atoms with Crippen LogP contribution < -0.4 is 11.4 Å². The van der Waals surface area contributed by atoms with Crippen molar-refractivity contribution in [1.82, 2.24) is 34.0 Å². The Morgan fingerprint density at radius 1 is 1.03 bits per heavy atom. The van der Waals surface area contributed by atoms with E-state index < -0.39 is 0 Å². The zero-order chi connectivity index (χ0) is 21.5.